The SMILES string of the molecule is C=CC[C@@](C)(C/C=C/c1ccc(Cl)cc1)C1=NC(C(C)C)CO1.Clc1ccccc1. The molecule has 1 unspecified atom stereocenters. The Morgan fingerprint density at radius 1 is 1.07 bits per heavy atom. The number of aliphatic imine (C=N–C) groups is 1. The highest BCUT2D eigenvalue weighted by molar-refractivity contribution is 6.30. The van der Waals surface area contributed by atoms with Crippen LogP contribution < -0.4 is 0 Å². The van der Waals surface area contributed by atoms with Gasteiger partial charge in [0.05, 0.1) is 11.5 Å². The van der Waals surface area contributed by atoms with Gasteiger partial charge < -0.3 is 4.74 Å². The highest BCUT2D eigenvalue weighted by atomic mass is 35.5. The maximum atomic E-state index is 5.92. The van der Waals surface area contributed by atoms with Crippen LogP contribution in [0.2, 0.25) is 10.0 Å². The highest BCUT2D eigenvalue weighted by Crippen LogP contribution is 2.33. The van der Waals surface area contributed by atoms with Crippen molar-refractivity contribution in [1.82, 2.24) is 0 Å². The van der Waals surface area contributed by atoms with Crippen molar-refractivity contribution in [1.29, 1.82) is 0 Å². The first-order valence-corrected chi connectivity index (χ1v) is 11.0. The molecule has 0 N–H and O–H groups in total. The topological polar surface area (TPSA) is 21.6 Å². The first-order valence-electron chi connectivity index (χ1n) is 10.3. The van der Waals surface area contributed by atoms with E-state index < -0.39 is 0 Å². The molecular weight excluding hydrogens is 413 g/mol. The van der Waals surface area contributed by atoms with Crippen LogP contribution in [0.1, 0.15) is 39.2 Å². The molecule has 0 saturated heterocycles. The molecule has 1 heterocycles. The molecule has 160 valence electrons. The summed E-state index contributed by atoms with van der Waals surface area (Å²) in [7, 11) is 0. The van der Waals surface area contributed by atoms with Crippen LogP contribution in [-0.4, -0.2) is 18.5 Å². The van der Waals surface area contributed by atoms with E-state index >= 15 is 0 Å². The summed E-state index contributed by atoms with van der Waals surface area (Å²) in [6.07, 6.45) is 7.96. The minimum atomic E-state index is -0.131. The lowest BCUT2D eigenvalue weighted by Gasteiger charge is -2.26. The molecule has 2 atom stereocenters. The van der Waals surface area contributed by atoms with Gasteiger partial charge in [-0.2, -0.15) is 0 Å². The number of nitrogens with zero attached hydrogens (tertiary/aromatic N) is 1. The minimum Gasteiger partial charge on any atom is -0.478 e. The van der Waals surface area contributed by atoms with Crippen molar-refractivity contribution in [2.45, 2.75) is 39.7 Å². The second-order valence-electron chi connectivity index (χ2n) is 8.06. The Labute approximate surface area is 191 Å². The highest BCUT2D eigenvalue weighted by Gasteiger charge is 2.35. The van der Waals surface area contributed by atoms with Crippen molar-refractivity contribution in [2.24, 2.45) is 16.3 Å². The largest absolute Gasteiger partial charge is 0.478 e. The Morgan fingerprint density at radius 2 is 1.70 bits per heavy atom. The number of benzene rings is 2. The van der Waals surface area contributed by atoms with Crippen molar-refractivity contribution in [3.05, 3.63) is 88.9 Å². The molecule has 0 aliphatic carbocycles. The quantitative estimate of drug-likeness (QED) is 0.395. The van der Waals surface area contributed by atoms with E-state index in [0.717, 1.165) is 34.3 Å². The van der Waals surface area contributed by atoms with Gasteiger partial charge in [0.1, 0.15) is 6.61 Å². The Balaban J connectivity index is 0.000000386. The molecule has 3 rings (SSSR count). The summed E-state index contributed by atoms with van der Waals surface area (Å²) in [6.45, 7) is 11.2. The van der Waals surface area contributed by atoms with E-state index in [4.69, 9.17) is 32.9 Å². The van der Waals surface area contributed by atoms with Gasteiger partial charge in [-0.15, -0.1) is 6.58 Å². The van der Waals surface area contributed by atoms with Crippen molar-refractivity contribution < 1.29 is 4.74 Å². The Hall–Kier alpha value is -2.03. The molecule has 0 radical (unpaired) electrons. The summed E-state index contributed by atoms with van der Waals surface area (Å²) in [5, 5.41) is 1.55. The number of ether oxygens (including phenoxy) is 1. The van der Waals surface area contributed by atoms with Gasteiger partial charge in [0.15, 0.2) is 5.90 Å². The second-order valence-corrected chi connectivity index (χ2v) is 8.94. The smallest absolute Gasteiger partial charge is 0.190 e. The molecule has 2 aromatic rings. The summed E-state index contributed by atoms with van der Waals surface area (Å²) < 4.78 is 5.91. The standard InChI is InChI=1S/C20H26ClNO.C6H5Cl/c1-5-12-20(4,19-22-18(14-23-19)15(2)3)13-6-7-16-8-10-17(21)11-9-16;7-6-4-2-1-3-5-6/h5-11,15,18H,1,12-14H2,2-4H3;1-5H/b7-6+;/t18?,20-;/m0./s1. The van der Waals surface area contributed by atoms with Crippen LogP contribution in [-0.2, 0) is 4.74 Å². The van der Waals surface area contributed by atoms with E-state index in [0.29, 0.717) is 12.5 Å². The zero-order chi connectivity index (χ0) is 22.0. The third-order valence-electron chi connectivity index (χ3n) is 5.04. The van der Waals surface area contributed by atoms with Crippen LogP contribution in [0.5, 0.6) is 0 Å². The lowest BCUT2D eigenvalue weighted by Crippen LogP contribution is -2.27. The lowest BCUT2D eigenvalue weighted by molar-refractivity contribution is 0.254. The van der Waals surface area contributed by atoms with Gasteiger partial charge in [0, 0.05) is 10.0 Å². The molecule has 0 spiro atoms. The lowest BCUT2D eigenvalue weighted by atomic mass is 9.82. The molecule has 1 aliphatic heterocycles. The molecule has 2 nitrogen and oxygen atoms in total. The zero-order valence-corrected chi connectivity index (χ0v) is 19.5. The predicted molar refractivity (Wildman–Crippen MR) is 131 cm³/mol. The second kappa shape index (κ2) is 12.0. The van der Waals surface area contributed by atoms with E-state index in [1.807, 2.05) is 60.7 Å². The fourth-order valence-corrected chi connectivity index (χ4v) is 3.35. The molecule has 30 heavy (non-hydrogen) atoms. The van der Waals surface area contributed by atoms with E-state index in [1.54, 1.807) is 0 Å². The molecule has 0 amide bonds. The van der Waals surface area contributed by atoms with Gasteiger partial charge in [-0.3, -0.25) is 0 Å². The molecule has 2 aromatic carbocycles. The van der Waals surface area contributed by atoms with Crippen LogP contribution in [0.15, 0.2) is 78.3 Å². The summed E-state index contributed by atoms with van der Waals surface area (Å²) >= 11 is 11.5. The average molecular weight is 444 g/mol. The normalized spacial score (nSPS) is 17.7. The van der Waals surface area contributed by atoms with Crippen molar-refractivity contribution in [3.8, 4) is 0 Å². The summed E-state index contributed by atoms with van der Waals surface area (Å²) in [5.74, 6) is 1.38. The van der Waals surface area contributed by atoms with Crippen LogP contribution in [0.25, 0.3) is 6.08 Å². The zero-order valence-electron chi connectivity index (χ0n) is 18.0. The average Bonchev–Trinajstić information content (AvgIpc) is 3.22. The Morgan fingerprint density at radius 3 is 2.20 bits per heavy atom. The van der Waals surface area contributed by atoms with Crippen molar-refractivity contribution in [3.63, 3.8) is 0 Å². The molecule has 0 saturated carbocycles. The molecule has 0 bridgehead atoms. The van der Waals surface area contributed by atoms with E-state index in [9.17, 15) is 0 Å². The van der Waals surface area contributed by atoms with Crippen molar-refractivity contribution >= 4 is 35.2 Å². The monoisotopic (exact) mass is 443 g/mol. The number of hydrogen-bond acceptors (Lipinski definition) is 2. The van der Waals surface area contributed by atoms with Crippen LogP contribution in [0.4, 0.5) is 0 Å². The molecule has 0 aromatic heterocycles. The van der Waals surface area contributed by atoms with Crippen LogP contribution >= 0.6 is 23.2 Å². The van der Waals surface area contributed by atoms with Gasteiger partial charge in [-0.05, 0) is 48.6 Å². The Bertz CT molecular complexity index is 843. The van der Waals surface area contributed by atoms with Gasteiger partial charge in [0.2, 0.25) is 0 Å². The van der Waals surface area contributed by atoms with Gasteiger partial charge in [-0.1, -0.05) is 92.5 Å². The maximum Gasteiger partial charge on any atom is 0.190 e. The summed E-state index contributed by atoms with van der Waals surface area (Å²) in [6, 6.07) is 17.6. The number of halogens is 2. The first kappa shape index (κ1) is 24.2. The van der Waals surface area contributed by atoms with Crippen LogP contribution in [0, 0.1) is 11.3 Å². The van der Waals surface area contributed by atoms with Gasteiger partial charge in [0.25, 0.3) is 0 Å². The number of hydrogen-bond donors (Lipinski definition) is 0. The third-order valence-corrected chi connectivity index (χ3v) is 5.54. The molecule has 4 heteroatoms. The van der Waals surface area contributed by atoms with Gasteiger partial charge >= 0.3 is 0 Å². The first-order chi connectivity index (χ1) is 14.3. The minimum absolute atomic E-state index is 0.131. The predicted octanol–water partition coefficient (Wildman–Crippen LogP) is 8.12. The van der Waals surface area contributed by atoms with Gasteiger partial charge in [-0.25, -0.2) is 4.99 Å². The summed E-state index contributed by atoms with van der Waals surface area (Å²) in [5.41, 5.74) is 1.01. The van der Waals surface area contributed by atoms with E-state index in [-0.39, 0.29) is 11.5 Å². The number of allylic oxidation sites excluding steroid dienone is 2. The Kier molecular flexibility index (Phi) is 9.68. The molecule has 1 aliphatic rings. The fourth-order valence-electron chi connectivity index (χ4n) is 3.08. The third kappa shape index (κ3) is 7.66. The van der Waals surface area contributed by atoms with E-state index in [2.05, 4.69) is 39.5 Å². The van der Waals surface area contributed by atoms with E-state index in [1.165, 1.54) is 0 Å². The fraction of sp³-hybridized carbons (Fsp3) is 0.346. The van der Waals surface area contributed by atoms with Crippen molar-refractivity contribution in [2.75, 3.05) is 6.61 Å². The maximum absolute atomic E-state index is 5.92. The van der Waals surface area contributed by atoms with Crippen LogP contribution in [0.3, 0.4) is 0 Å². The molecular formula is C26H31Cl2NO. The number of rotatable bonds is 7. The summed E-state index contributed by atoms with van der Waals surface area (Å²) in [4.78, 5) is 4.81. The molecule has 0 fully saturated rings.